The Bertz CT molecular complexity index is 606. The van der Waals surface area contributed by atoms with Crippen molar-refractivity contribution < 1.29 is 19.8 Å². The number of carboxylic acids is 1. The standard InChI is InChI=1S/C8H8O2.C7H7NO2/c1-6-2-3-8(10)7(4-6)5-9;8-6-3-1-5(2-4-6)7(9)10/h2-5,10H,1H3;1-4H,8H2,(H,9,10). The average Bonchev–Trinajstić information content (AvgIpc) is 2.42. The number of carboxylic acid groups (broad SMARTS) is 1. The van der Waals surface area contributed by atoms with Crippen molar-refractivity contribution in [3.05, 3.63) is 59.2 Å². The molecule has 0 aromatic heterocycles. The molecule has 0 bridgehead atoms. The van der Waals surface area contributed by atoms with E-state index in [1.807, 2.05) is 6.92 Å². The maximum Gasteiger partial charge on any atom is 0.335 e. The predicted octanol–water partition coefficient (Wildman–Crippen LogP) is 2.48. The average molecular weight is 273 g/mol. The lowest BCUT2D eigenvalue weighted by Gasteiger charge is -1.96. The number of carbonyl (C=O) groups excluding carboxylic acids is 1. The summed E-state index contributed by atoms with van der Waals surface area (Å²) in [5, 5.41) is 17.4. The number of anilines is 1. The van der Waals surface area contributed by atoms with Crippen LogP contribution in [0.5, 0.6) is 5.75 Å². The molecule has 0 aliphatic rings. The third kappa shape index (κ3) is 4.45. The molecule has 0 aliphatic heterocycles. The Morgan fingerprint density at radius 2 is 1.75 bits per heavy atom. The highest BCUT2D eigenvalue weighted by atomic mass is 16.4. The van der Waals surface area contributed by atoms with Crippen LogP contribution < -0.4 is 5.73 Å². The Hall–Kier alpha value is -2.82. The fraction of sp³-hybridized carbons (Fsp3) is 0.0667. The number of hydrogen-bond acceptors (Lipinski definition) is 4. The first-order valence-electron chi connectivity index (χ1n) is 5.77. The lowest BCUT2D eigenvalue weighted by Crippen LogP contribution is -1.95. The number of nitrogen functional groups attached to an aromatic ring is 1. The second-order valence-electron chi connectivity index (χ2n) is 4.11. The van der Waals surface area contributed by atoms with E-state index in [2.05, 4.69) is 0 Å². The summed E-state index contributed by atoms with van der Waals surface area (Å²) in [6.07, 6.45) is 0.641. The number of nitrogens with two attached hydrogens (primary N) is 1. The molecule has 0 unspecified atom stereocenters. The quantitative estimate of drug-likeness (QED) is 0.576. The van der Waals surface area contributed by atoms with Gasteiger partial charge in [-0.3, -0.25) is 4.79 Å². The highest BCUT2D eigenvalue weighted by Crippen LogP contribution is 2.15. The zero-order valence-corrected chi connectivity index (χ0v) is 10.9. The molecule has 0 spiro atoms. The van der Waals surface area contributed by atoms with E-state index in [0.29, 0.717) is 17.5 Å². The van der Waals surface area contributed by atoms with Gasteiger partial charge in [0.1, 0.15) is 5.75 Å². The highest BCUT2D eigenvalue weighted by molar-refractivity contribution is 5.87. The molecule has 5 heteroatoms. The van der Waals surface area contributed by atoms with Gasteiger partial charge in [0.25, 0.3) is 0 Å². The molecule has 104 valence electrons. The van der Waals surface area contributed by atoms with Crippen LogP contribution in [-0.4, -0.2) is 22.5 Å². The van der Waals surface area contributed by atoms with Gasteiger partial charge in [-0.2, -0.15) is 0 Å². The van der Waals surface area contributed by atoms with Crippen LogP contribution >= 0.6 is 0 Å². The van der Waals surface area contributed by atoms with Crippen molar-refractivity contribution in [2.24, 2.45) is 0 Å². The largest absolute Gasteiger partial charge is 0.507 e. The third-order valence-electron chi connectivity index (χ3n) is 2.47. The van der Waals surface area contributed by atoms with Gasteiger partial charge in [-0.05, 0) is 43.3 Å². The first-order valence-corrected chi connectivity index (χ1v) is 5.77. The summed E-state index contributed by atoms with van der Waals surface area (Å²) in [4.78, 5) is 20.5. The number of phenols is 1. The summed E-state index contributed by atoms with van der Waals surface area (Å²) in [5.74, 6) is -0.888. The Kier molecular flexibility index (Phi) is 5.29. The van der Waals surface area contributed by atoms with Gasteiger partial charge in [0, 0.05) is 5.69 Å². The van der Waals surface area contributed by atoms with Gasteiger partial charge < -0.3 is 15.9 Å². The van der Waals surface area contributed by atoms with Crippen molar-refractivity contribution in [2.75, 3.05) is 5.73 Å². The minimum atomic E-state index is -0.931. The maximum atomic E-state index is 10.3. The predicted molar refractivity (Wildman–Crippen MR) is 76.0 cm³/mol. The summed E-state index contributed by atoms with van der Waals surface area (Å²) < 4.78 is 0. The lowest BCUT2D eigenvalue weighted by atomic mass is 10.1. The number of carbonyl (C=O) groups is 2. The molecular formula is C15H15NO4. The molecule has 4 N–H and O–H groups in total. The van der Waals surface area contributed by atoms with Crippen molar-refractivity contribution in [1.29, 1.82) is 0 Å². The van der Waals surface area contributed by atoms with Crippen LogP contribution in [0.1, 0.15) is 26.3 Å². The molecule has 2 rings (SSSR count). The van der Waals surface area contributed by atoms with Gasteiger partial charge in [-0.15, -0.1) is 0 Å². The van der Waals surface area contributed by atoms with Crippen LogP contribution in [0.3, 0.4) is 0 Å². The Morgan fingerprint density at radius 1 is 1.15 bits per heavy atom. The Morgan fingerprint density at radius 3 is 2.20 bits per heavy atom. The molecule has 0 aliphatic carbocycles. The summed E-state index contributed by atoms with van der Waals surface area (Å²) in [5.41, 5.74) is 7.49. The third-order valence-corrected chi connectivity index (χ3v) is 2.47. The summed E-state index contributed by atoms with van der Waals surface area (Å²) in [7, 11) is 0. The van der Waals surface area contributed by atoms with Crippen LogP contribution in [0.15, 0.2) is 42.5 Å². The Labute approximate surface area is 116 Å². The number of benzene rings is 2. The molecular weight excluding hydrogens is 258 g/mol. The highest BCUT2D eigenvalue weighted by Gasteiger charge is 1.99. The maximum absolute atomic E-state index is 10.3. The van der Waals surface area contributed by atoms with E-state index in [4.69, 9.17) is 15.9 Å². The van der Waals surface area contributed by atoms with E-state index in [1.54, 1.807) is 24.3 Å². The van der Waals surface area contributed by atoms with E-state index in [1.165, 1.54) is 18.2 Å². The van der Waals surface area contributed by atoms with Crippen LogP contribution in [0.25, 0.3) is 0 Å². The van der Waals surface area contributed by atoms with Gasteiger partial charge in [0.05, 0.1) is 11.1 Å². The number of aromatic carboxylic acids is 1. The van der Waals surface area contributed by atoms with E-state index in [0.717, 1.165) is 5.56 Å². The second kappa shape index (κ2) is 6.94. The van der Waals surface area contributed by atoms with Crippen molar-refractivity contribution in [2.45, 2.75) is 6.92 Å². The molecule has 0 saturated carbocycles. The van der Waals surface area contributed by atoms with E-state index < -0.39 is 5.97 Å². The number of aryl methyl sites for hydroxylation is 1. The zero-order chi connectivity index (χ0) is 15.1. The molecule has 0 heterocycles. The van der Waals surface area contributed by atoms with Gasteiger partial charge in [-0.1, -0.05) is 11.6 Å². The van der Waals surface area contributed by atoms with E-state index in [9.17, 15) is 9.59 Å². The minimum Gasteiger partial charge on any atom is -0.507 e. The smallest absolute Gasteiger partial charge is 0.335 e. The van der Waals surface area contributed by atoms with Crippen LogP contribution in [0.4, 0.5) is 5.69 Å². The van der Waals surface area contributed by atoms with Crippen molar-refractivity contribution >= 4 is 17.9 Å². The molecule has 0 amide bonds. The topological polar surface area (TPSA) is 101 Å². The lowest BCUT2D eigenvalue weighted by molar-refractivity contribution is 0.0696. The SMILES string of the molecule is Cc1ccc(O)c(C=O)c1.Nc1ccc(C(=O)O)cc1. The first-order chi connectivity index (χ1) is 9.43. The van der Waals surface area contributed by atoms with Gasteiger partial charge in [0.15, 0.2) is 6.29 Å². The number of rotatable bonds is 2. The Balaban J connectivity index is 0.000000200. The normalized spacial score (nSPS) is 9.25. The van der Waals surface area contributed by atoms with Crippen molar-refractivity contribution in [3.8, 4) is 5.75 Å². The van der Waals surface area contributed by atoms with E-state index in [-0.39, 0.29) is 11.3 Å². The minimum absolute atomic E-state index is 0.0422. The van der Waals surface area contributed by atoms with Crippen LogP contribution in [-0.2, 0) is 0 Å². The summed E-state index contributed by atoms with van der Waals surface area (Å²) in [6.45, 7) is 1.87. The first kappa shape index (κ1) is 15.2. The van der Waals surface area contributed by atoms with Gasteiger partial charge >= 0.3 is 5.97 Å². The molecule has 0 fully saturated rings. The van der Waals surface area contributed by atoms with Gasteiger partial charge in [0.2, 0.25) is 0 Å². The number of hydrogen-bond donors (Lipinski definition) is 3. The fourth-order valence-electron chi connectivity index (χ4n) is 1.39. The number of aromatic hydroxyl groups is 1. The van der Waals surface area contributed by atoms with Gasteiger partial charge in [-0.25, -0.2) is 4.79 Å². The van der Waals surface area contributed by atoms with Crippen molar-refractivity contribution in [1.82, 2.24) is 0 Å². The van der Waals surface area contributed by atoms with Crippen molar-refractivity contribution in [3.63, 3.8) is 0 Å². The second-order valence-corrected chi connectivity index (χ2v) is 4.11. The summed E-state index contributed by atoms with van der Waals surface area (Å²) >= 11 is 0. The molecule has 0 saturated heterocycles. The van der Waals surface area contributed by atoms with Crippen LogP contribution in [0.2, 0.25) is 0 Å². The molecule has 20 heavy (non-hydrogen) atoms. The monoisotopic (exact) mass is 273 g/mol. The van der Waals surface area contributed by atoms with E-state index >= 15 is 0 Å². The number of aldehydes is 1. The fourth-order valence-corrected chi connectivity index (χ4v) is 1.39. The summed E-state index contributed by atoms with van der Waals surface area (Å²) in [6, 6.07) is 11.0. The number of phenolic OH excluding ortho intramolecular Hbond substituents is 1. The van der Waals surface area contributed by atoms with Crippen LogP contribution in [0, 0.1) is 6.92 Å². The molecule has 0 radical (unpaired) electrons. The molecule has 5 nitrogen and oxygen atoms in total. The molecule has 2 aromatic carbocycles. The molecule has 2 aromatic rings. The zero-order valence-electron chi connectivity index (χ0n) is 10.9. The molecule has 0 atom stereocenters.